The third-order valence-electron chi connectivity index (χ3n) is 3.36. The molecule has 1 N–H and O–H groups in total. The molecule has 104 valence electrons. The topological polar surface area (TPSA) is 72.9 Å². The van der Waals surface area contributed by atoms with Crippen molar-refractivity contribution in [3.05, 3.63) is 42.5 Å². The van der Waals surface area contributed by atoms with Gasteiger partial charge in [0.05, 0.1) is 17.6 Å². The van der Waals surface area contributed by atoms with Crippen molar-refractivity contribution in [2.24, 2.45) is 0 Å². The summed E-state index contributed by atoms with van der Waals surface area (Å²) in [7, 11) is 0. The third-order valence-corrected chi connectivity index (χ3v) is 3.36. The molecule has 1 aromatic carbocycles. The highest BCUT2D eigenvalue weighted by molar-refractivity contribution is 5.79. The molecule has 3 heterocycles. The molecule has 0 spiro atoms. The van der Waals surface area contributed by atoms with Gasteiger partial charge < -0.3 is 9.47 Å². The molecule has 21 heavy (non-hydrogen) atoms. The van der Waals surface area contributed by atoms with E-state index in [1.165, 1.54) is 0 Å². The van der Waals surface area contributed by atoms with E-state index in [4.69, 9.17) is 9.47 Å². The molecule has 0 bridgehead atoms. The van der Waals surface area contributed by atoms with E-state index >= 15 is 0 Å². The predicted octanol–water partition coefficient (Wildman–Crippen LogP) is 2.57. The molecular weight excluding hydrogens is 268 g/mol. The number of ether oxygens (including phenoxy) is 2. The molecule has 1 aliphatic rings. The SMILES string of the molecule is Cc1nccc(-c2[nH]ncc2-c2ccc3c(c2)OCO3)n1. The minimum absolute atomic E-state index is 0.266. The zero-order valence-electron chi connectivity index (χ0n) is 11.3. The number of benzene rings is 1. The van der Waals surface area contributed by atoms with Gasteiger partial charge in [0.1, 0.15) is 5.82 Å². The zero-order chi connectivity index (χ0) is 14.2. The van der Waals surface area contributed by atoms with Crippen molar-refractivity contribution in [3.8, 4) is 34.0 Å². The molecular formula is C15H12N4O2. The lowest BCUT2D eigenvalue weighted by molar-refractivity contribution is 0.174. The maximum Gasteiger partial charge on any atom is 0.231 e. The van der Waals surface area contributed by atoms with Crippen molar-refractivity contribution in [2.45, 2.75) is 6.92 Å². The van der Waals surface area contributed by atoms with Crippen LogP contribution in [0.15, 0.2) is 36.7 Å². The Hall–Kier alpha value is -2.89. The second-order valence-corrected chi connectivity index (χ2v) is 4.72. The lowest BCUT2D eigenvalue weighted by Crippen LogP contribution is -1.93. The quantitative estimate of drug-likeness (QED) is 0.781. The van der Waals surface area contributed by atoms with Gasteiger partial charge in [0.2, 0.25) is 6.79 Å². The average molecular weight is 280 g/mol. The Kier molecular flexibility index (Phi) is 2.60. The molecule has 6 nitrogen and oxygen atoms in total. The summed E-state index contributed by atoms with van der Waals surface area (Å²) in [6, 6.07) is 7.69. The molecule has 0 saturated carbocycles. The standard InChI is InChI=1S/C15H12N4O2/c1-9-16-5-4-12(18-9)15-11(7-17-19-15)10-2-3-13-14(6-10)21-8-20-13/h2-7H,8H2,1H3,(H,17,19). The van der Waals surface area contributed by atoms with E-state index in [1.54, 1.807) is 12.4 Å². The van der Waals surface area contributed by atoms with Gasteiger partial charge in [0.25, 0.3) is 0 Å². The summed E-state index contributed by atoms with van der Waals surface area (Å²) in [5.74, 6) is 2.24. The summed E-state index contributed by atoms with van der Waals surface area (Å²) in [4.78, 5) is 8.55. The normalized spacial score (nSPS) is 12.6. The van der Waals surface area contributed by atoms with E-state index in [0.717, 1.165) is 39.8 Å². The molecule has 2 aromatic heterocycles. The van der Waals surface area contributed by atoms with E-state index in [9.17, 15) is 0 Å². The molecule has 0 radical (unpaired) electrons. The van der Waals surface area contributed by atoms with Gasteiger partial charge in [-0.2, -0.15) is 5.10 Å². The lowest BCUT2D eigenvalue weighted by Gasteiger charge is -2.04. The van der Waals surface area contributed by atoms with E-state index in [-0.39, 0.29) is 6.79 Å². The van der Waals surface area contributed by atoms with Crippen molar-refractivity contribution in [1.82, 2.24) is 20.2 Å². The number of rotatable bonds is 2. The Balaban J connectivity index is 1.82. The smallest absolute Gasteiger partial charge is 0.231 e. The number of aromatic nitrogens is 4. The fraction of sp³-hybridized carbons (Fsp3) is 0.133. The van der Waals surface area contributed by atoms with Crippen molar-refractivity contribution < 1.29 is 9.47 Å². The van der Waals surface area contributed by atoms with Crippen LogP contribution >= 0.6 is 0 Å². The summed E-state index contributed by atoms with van der Waals surface area (Å²) in [5.41, 5.74) is 3.64. The van der Waals surface area contributed by atoms with Crippen LogP contribution < -0.4 is 9.47 Å². The van der Waals surface area contributed by atoms with Gasteiger partial charge in [-0.3, -0.25) is 5.10 Å². The fourth-order valence-electron chi connectivity index (χ4n) is 2.36. The van der Waals surface area contributed by atoms with Crippen LogP contribution in [0.4, 0.5) is 0 Å². The Morgan fingerprint density at radius 3 is 2.95 bits per heavy atom. The zero-order valence-corrected chi connectivity index (χ0v) is 11.3. The summed E-state index contributed by atoms with van der Waals surface area (Å²) >= 11 is 0. The van der Waals surface area contributed by atoms with Crippen LogP contribution in [0.2, 0.25) is 0 Å². The first-order chi connectivity index (χ1) is 10.3. The molecule has 4 rings (SSSR count). The van der Waals surface area contributed by atoms with Gasteiger partial charge in [-0.15, -0.1) is 0 Å². The molecule has 0 fully saturated rings. The largest absolute Gasteiger partial charge is 0.454 e. The highest BCUT2D eigenvalue weighted by Crippen LogP contribution is 2.37. The Morgan fingerprint density at radius 1 is 1.14 bits per heavy atom. The first-order valence-corrected chi connectivity index (χ1v) is 6.55. The Labute approximate surface area is 120 Å². The number of nitrogens with one attached hydrogen (secondary N) is 1. The predicted molar refractivity (Wildman–Crippen MR) is 75.9 cm³/mol. The highest BCUT2D eigenvalue weighted by Gasteiger charge is 2.17. The van der Waals surface area contributed by atoms with Gasteiger partial charge in [0, 0.05) is 11.8 Å². The van der Waals surface area contributed by atoms with Crippen LogP contribution in [-0.2, 0) is 0 Å². The van der Waals surface area contributed by atoms with Crippen LogP contribution in [-0.4, -0.2) is 27.0 Å². The molecule has 3 aromatic rings. The van der Waals surface area contributed by atoms with E-state index < -0.39 is 0 Å². The van der Waals surface area contributed by atoms with Gasteiger partial charge in [-0.05, 0) is 30.7 Å². The number of hydrogen-bond acceptors (Lipinski definition) is 5. The summed E-state index contributed by atoms with van der Waals surface area (Å²) in [5, 5.41) is 7.14. The second-order valence-electron chi connectivity index (χ2n) is 4.72. The molecule has 1 aliphatic heterocycles. The number of H-pyrrole nitrogens is 1. The Morgan fingerprint density at radius 2 is 2.05 bits per heavy atom. The summed E-state index contributed by atoms with van der Waals surface area (Å²) in [6.07, 6.45) is 3.52. The van der Waals surface area contributed by atoms with Crippen LogP contribution in [0, 0.1) is 6.92 Å². The maximum absolute atomic E-state index is 5.42. The number of aromatic amines is 1. The van der Waals surface area contributed by atoms with Gasteiger partial charge in [-0.25, -0.2) is 9.97 Å². The molecule has 0 saturated heterocycles. The lowest BCUT2D eigenvalue weighted by atomic mass is 10.0. The highest BCUT2D eigenvalue weighted by atomic mass is 16.7. The molecule has 0 unspecified atom stereocenters. The monoisotopic (exact) mass is 280 g/mol. The second kappa shape index (κ2) is 4.59. The van der Waals surface area contributed by atoms with Gasteiger partial charge in [0.15, 0.2) is 11.5 Å². The van der Waals surface area contributed by atoms with Crippen LogP contribution in [0.5, 0.6) is 11.5 Å². The van der Waals surface area contributed by atoms with Crippen LogP contribution in [0.3, 0.4) is 0 Å². The molecule has 6 heteroatoms. The molecule has 0 amide bonds. The van der Waals surface area contributed by atoms with Gasteiger partial charge in [-0.1, -0.05) is 6.07 Å². The van der Waals surface area contributed by atoms with Crippen molar-refractivity contribution in [1.29, 1.82) is 0 Å². The van der Waals surface area contributed by atoms with E-state index in [0.29, 0.717) is 0 Å². The van der Waals surface area contributed by atoms with E-state index in [1.807, 2.05) is 31.2 Å². The average Bonchev–Trinajstić information content (AvgIpc) is 3.15. The minimum atomic E-state index is 0.266. The molecule has 0 aliphatic carbocycles. The summed E-state index contributed by atoms with van der Waals surface area (Å²) in [6.45, 7) is 2.13. The van der Waals surface area contributed by atoms with Crippen molar-refractivity contribution in [3.63, 3.8) is 0 Å². The van der Waals surface area contributed by atoms with Crippen molar-refractivity contribution >= 4 is 0 Å². The third kappa shape index (κ3) is 2.01. The van der Waals surface area contributed by atoms with Gasteiger partial charge >= 0.3 is 0 Å². The van der Waals surface area contributed by atoms with Crippen LogP contribution in [0.25, 0.3) is 22.5 Å². The maximum atomic E-state index is 5.42. The first-order valence-electron chi connectivity index (χ1n) is 6.55. The first kappa shape index (κ1) is 11.9. The minimum Gasteiger partial charge on any atom is -0.454 e. The van der Waals surface area contributed by atoms with Crippen molar-refractivity contribution in [2.75, 3.05) is 6.79 Å². The van der Waals surface area contributed by atoms with Crippen LogP contribution in [0.1, 0.15) is 5.82 Å². The molecule has 0 atom stereocenters. The number of nitrogens with zero attached hydrogens (tertiary/aromatic N) is 3. The number of hydrogen-bond donors (Lipinski definition) is 1. The Bertz CT molecular complexity index is 813. The summed E-state index contributed by atoms with van der Waals surface area (Å²) < 4.78 is 10.8. The fourth-order valence-corrected chi connectivity index (χ4v) is 2.36. The van der Waals surface area contributed by atoms with E-state index in [2.05, 4.69) is 20.2 Å². The number of fused-ring (bicyclic) bond motifs is 1. The number of aryl methyl sites for hydroxylation is 1.